The molecule has 1 aliphatic heterocycles. The number of amides is 2. The van der Waals surface area contributed by atoms with E-state index in [1.165, 1.54) is 10.9 Å². The summed E-state index contributed by atoms with van der Waals surface area (Å²) < 4.78 is 0. The molecule has 2 heterocycles. The molecule has 25 heavy (non-hydrogen) atoms. The first-order chi connectivity index (χ1) is 12.1. The molecule has 0 spiro atoms. The van der Waals surface area contributed by atoms with Gasteiger partial charge in [0.1, 0.15) is 0 Å². The highest BCUT2D eigenvalue weighted by atomic mass is 16.2. The Hall–Kier alpha value is -3.08. The molecule has 0 radical (unpaired) electrons. The van der Waals surface area contributed by atoms with Crippen molar-refractivity contribution >= 4 is 34.1 Å². The molecule has 0 saturated heterocycles. The van der Waals surface area contributed by atoms with E-state index in [1.54, 1.807) is 0 Å². The number of nitrogens with one attached hydrogen (secondary N) is 3. The zero-order valence-corrected chi connectivity index (χ0v) is 14.0. The van der Waals surface area contributed by atoms with Crippen molar-refractivity contribution < 1.29 is 9.59 Å². The van der Waals surface area contributed by atoms with E-state index in [4.69, 9.17) is 0 Å². The fraction of sp³-hybridized carbons (Fsp3) is 0.200. The van der Waals surface area contributed by atoms with Crippen LogP contribution in [0.1, 0.15) is 23.1 Å². The lowest BCUT2D eigenvalue weighted by molar-refractivity contribution is -0.116. The molecule has 1 aromatic heterocycles. The molecule has 0 unspecified atom stereocenters. The second-order valence-electron chi connectivity index (χ2n) is 6.51. The minimum Gasteiger partial charge on any atom is -0.361 e. The van der Waals surface area contributed by atoms with Crippen LogP contribution in [0.25, 0.3) is 10.9 Å². The number of rotatable bonds is 4. The lowest BCUT2D eigenvalue weighted by Gasteiger charge is -2.07. The summed E-state index contributed by atoms with van der Waals surface area (Å²) >= 11 is 0. The van der Waals surface area contributed by atoms with E-state index in [9.17, 15) is 9.59 Å². The average molecular weight is 333 g/mol. The zero-order valence-electron chi connectivity index (χ0n) is 14.0. The average Bonchev–Trinajstić information content (AvgIpc) is 3.14. The fourth-order valence-electron chi connectivity index (χ4n) is 3.27. The van der Waals surface area contributed by atoms with Crippen LogP contribution >= 0.6 is 0 Å². The van der Waals surface area contributed by atoms with E-state index in [0.29, 0.717) is 24.9 Å². The minimum atomic E-state index is -0.0364. The van der Waals surface area contributed by atoms with E-state index < -0.39 is 0 Å². The molecule has 0 fully saturated rings. The van der Waals surface area contributed by atoms with Gasteiger partial charge in [-0.25, -0.2) is 0 Å². The highest BCUT2D eigenvalue weighted by Crippen LogP contribution is 2.26. The Bertz CT molecular complexity index is 988. The third kappa shape index (κ3) is 3.13. The summed E-state index contributed by atoms with van der Waals surface area (Å²) in [5.41, 5.74) is 5.92. The third-order valence-electron chi connectivity index (χ3n) is 4.56. The van der Waals surface area contributed by atoms with Gasteiger partial charge in [0.05, 0.1) is 6.42 Å². The molecular weight excluding hydrogens is 314 g/mol. The summed E-state index contributed by atoms with van der Waals surface area (Å²) in [5.74, 6) is -0.0428. The molecule has 2 aromatic carbocycles. The molecule has 0 saturated carbocycles. The van der Waals surface area contributed by atoms with Gasteiger partial charge in [-0.1, -0.05) is 18.2 Å². The number of aromatic amines is 1. The van der Waals surface area contributed by atoms with Crippen LogP contribution in [-0.4, -0.2) is 16.8 Å². The van der Waals surface area contributed by atoms with Gasteiger partial charge in [-0.3, -0.25) is 9.59 Å². The van der Waals surface area contributed by atoms with E-state index in [0.717, 1.165) is 22.3 Å². The Balaban J connectivity index is 1.41. The highest BCUT2D eigenvalue weighted by molar-refractivity contribution is 6.00. The molecule has 0 bridgehead atoms. The van der Waals surface area contributed by atoms with Crippen molar-refractivity contribution in [3.63, 3.8) is 0 Å². The fourth-order valence-corrected chi connectivity index (χ4v) is 3.27. The standard InChI is InChI=1S/C20H19N3O2/c1-12-2-6-16-14(11-21-18(16)8-12)4-7-19(24)22-15-5-3-13-9-20(25)23-17(13)10-15/h2-3,5-6,8,10-11,21H,4,7,9H2,1H3,(H,22,24)(H,23,25). The van der Waals surface area contributed by atoms with Crippen molar-refractivity contribution in [2.75, 3.05) is 10.6 Å². The first-order valence-corrected chi connectivity index (χ1v) is 8.38. The van der Waals surface area contributed by atoms with Crippen molar-refractivity contribution in [3.8, 4) is 0 Å². The molecule has 3 N–H and O–H groups in total. The number of H-pyrrole nitrogens is 1. The summed E-state index contributed by atoms with van der Waals surface area (Å²) in [5, 5.41) is 6.87. The minimum absolute atomic E-state index is 0.00644. The second kappa shape index (κ2) is 6.09. The lowest BCUT2D eigenvalue weighted by Crippen LogP contribution is -2.12. The van der Waals surface area contributed by atoms with E-state index in [2.05, 4.69) is 40.7 Å². The van der Waals surface area contributed by atoms with Crippen LogP contribution in [0.4, 0.5) is 11.4 Å². The first-order valence-electron chi connectivity index (χ1n) is 8.38. The Morgan fingerprint density at radius 2 is 2.08 bits per heavy atom. The van der Waals surface area contributed by atoms with Crippen molar-refractivity contribution in [2.45, 2.75) is 26.2 Å². The molecule has 4 rings (SSSR count). The van der Waals surface area contributed by atoms with Crippen LogP contribution in [0.15, 0.2) is 42.6 Å². The van der Waals surface area contributed by atoms with Gasteiger partial charge in [0.15, 0.2) is 0 Å². The smallest absolute Gasteiger partial charge is 0.228 e. The van der Waals surface area contributed by atoms with Gasteiger partial charge in [0.25, 0.3) is 0 Å². The molecule has 2 amide bonds. The van der Waals surface area contributed by atoms with Crippen LogP contribution in [0.5, 0.6) is 0 Å². The molecule has 126 valence electrons. The summed E-state index contributed by atoms with van der Waals surface area (Å²) in [6, 6.07) is 11.8. The van der Waals surface area contributed by atoms with Crippen LogP contribution in [0.3, 0.4) is 0 Å². The maximum absolute atomic E-state index is 12.3. The Kier molecular flexibility index (Phi) is 3.76. The molecule has 5 nitrogen and oxygen atoms in total. The van der Waals surface area contributed by atoms with Crippen LogP contribution in [0, 0.1) is 6.92 Å². The molecule has 1 aliphatic rings. The number of anilines is 2. The largest absolute Gasteiger partial charge is 0.361 e. The summed E-state index contributed by atoms with van der Waals surface area (Å²) in [7, 11) is 0. The topological polar surface area (TPSA) is 74.0 Å². The summed E-state index contributed by atoms with van der Waals surface area (Å²) in [6.07, 6.45) is 3.47. The van der Waals surface area contributed by atoms with Gasteiger partial charge in [-0.15, -0.1) is 0 Å². The number of aryl methyl sites for hydroxylation is 2. The van der Waals surface area contributed by atoms with Crippen molar-refractivity contribution in [2.24, 2.45) is 0 Å². The lowest BCUT2D eigenvalue weighted by atomic mass is 10.1. The summed E-state index contributed by atoms with van der Waals surface area (Å²) in [4.78, 5) is 26.9. The Labute approximate surface area is 145 Å². The second-order valence-corrected chi connectivity index (χ2v) is 6.51. The number of benzene rings is 2. The maximum atomic E-state index is 12.3. The van der Waals surface area contributed by atoms with Crippen LogP contribution < -0.4 is 10.6 Å². The van der Waals surface area contributed by atoms with Crippen molar-refractivity contribution in [1.29, 1.82) is 0 Å². The van der Waals surface area contributed by atoms with Crippen LogP contribution in [0.2, 0.25) is 0 Å². The monoisotopic (exact) mass is 333 g/mol. The SMILES string of the molecule is Cc1ccc2c(CCC(=O)Nc3ccc4c(c3)NC(=O)C4)c[nH]c2c1. The number of carbonyl (C=O) groups excluding carboxylic acids is 2. The van der Waals surface area contributed by atoms with Gasteiger partial charge in [-0.2, -0.15) is 0 Å². The normalized spacial score (nSPS) is 12.9. The number of fused-ring (bicyclic) bond motifs is 2. The number of hydrogen-bond acceptors (Lipinski definition) is 2. The Morgan fingerprint density at radius 3 is 2.96 bits per heavy atom. The first kappa shape index (κ1) is 15.4. The maximum Gasteiger partial charge on any atom is 0.228 e. The summed E-state index contributed by atoms with van der Waals surface area (Å²) in [6.45, 7) is 2.06. The molecule has 0 aliphatic carbocycles. The van der Waals surface area contributed by atoms with E-state index >= 15 is 0 Å². The number of carbonyl (C=O) groups is 2. The van der Waals surface area contributed by atoms with E-state index in [-0.39, 0.29) is 11.8 Å². The van der Waals surface area contributed by atoms with Crippen molar-refractivity contribution in [3.05, 3.63) is 59.3 Å². The van der Waals surface area contributed by atoms with Gasteiger partial charge in [-0.05, 0) is 48.2 Å². The predicted octanol–water partition coefficient (Wildman–Crippen LogP) is 3.54. The highest BCUT2D eigenvalue weighted by Gasteiger charge is 2.17. The zero-order chi connectivity index (χ0) is 17.4. The van der Waals surface area contributed by atoms with Crippen molar-refractivity contribution in [1.82, 2.24) is 4.98 Å². The van der Waals surface area contributed by atoms with E-state index in [1.807, 2.05) is 24.4 Å². The van der Waals surface area contributed by atoms with Crippen LogP contribution in [-0.2, 0) is 22.4 Å². The van der Waals surface area contributed by atoms with Gasteiger partial charge >= 0.3 is 0 Å². The van der Waals surface area contributed by atoms with Gasteiger partial charge in [0, 0.05) is 34.9 Å². The number of hydrogen-bond donors (Lipinski definition) is 3. The predicted molar refractivity (Wildman–Crippen MR) is 98.8 cm³/mol. The quantitative estimate of drug-likeness (QED) is 0.683. The molecular formula is C20H19N3O2. The Morgan fingerprint density at radius 1 is 1.20 bits per heavy atom. The molecule has 3 aromatic rings. The third-order valence-corrected chi connectivity index (χ3v) is 4.56. The number of aromatic nitrogens is 1. The molecule has 0 atom stereocenters. The molecule has 5 heteroatoms. The van der Waals surface area contributed by atoms with Gasteiger partial charge in [0.2, 0.25) is 11.8 Å². The van der Waals surface area contributed by atoms with Gasteiger partial charge < -0.3 is 15.6 Å².